The summed E-state index contributed by atoms with van der Waals surface area (Å²) in [4.78, 5) is 0. The zero-order valence-corrected chi connectivity index (χ0v) is 16.0. The second-order valence-electron chi connectivity index (χ2n) is 5.35. The van der Waals surface area contributed by atoms with E-state index in [2.05, 4.69) is 58.8 Å². The molecule has 0 radical (unpaired) electrons. The topological polar surface area (TPSA) is 0 Å². The Kier molecular flexibility index (Phi) is 5.78. The predicted octanol–water partition coefficient (Wildman–Crippen LogP) is -2.25. The molecule has 2 aromatic carbocycles. The molecule has 0 spiro atoms. The van der Waals surface area contributed by atoms with Crippen molar-refractivity contribution in [1.82, 2.24) is 0 Å². The standard InChI is InChI=1S/C18H13.CH2.2ClH.Zr/c1-2-6-13(5-1)14-9-10-18-16(11-14)12-15-7-3-4-8-17(15)18;;;;/h1-5,7-10H,6,12H2;1H2;2*1H;/q;;;;+2/p-2. The summed E-state index contributed by atoms with van der Waals surface area (Å²) in [5, 5.41) is 0. The van der Waals surface area contributed by atoms with Gasteiger partial charge in [-0.3, -0.25) is 0 Å². The van der Waals surface area contributed by atoms with E-state index in [1.165, 1.54) is 27.8 Å². The molecule has 0 amide bonds. The predicted molar refractivity (Wildman–Crippen MR) is 83.2 cm³/mol. The Bertz CT molecular complexity index is 788. The Morgan fingerprint density at radius 3 is 2.41 bits per heavy atom. The van der Waals surface area contributed by atoms with Gasteiger partial charge in [-0.15, -0.1) is 0 Å². The van der Waals surface area contributed by atoms with Crippen LogP contribution in [0, 0.1) is 0 Å². The zero-order chi connectivity index (χ0) is 13.5. The molecule has 109 valence electrons. The van der Waals surface area contributed by atoms with Crippen molar-refractivity contribution in [2.75, 3.05) is 0 Å². The molecule has 2 aliphatic carbocycles. The second kappa shape index (κ2) is 7.22. The third-order valence-electron chi connectivity index (χ3n) is 4.28. The van der Waals surface area contributed by atoms with Gasteiger partial charge < -0.3 is 24.8 Å². The smallest absolute Gasteiger partial charge is 1.00 e. The maximum Gasteiger partial charge on any atom is -1.00 e. The number of hydrogen-bond acceptors (Lipinski definition) is 0. The van der Waals surface area contributed by atoms with Crippen LogP contribution in [0.2, 0.25) is 0 Å². The Balaban J connectivity index is 0.000000882. The molecule has 0 unspecified atom stereocenters. The van der Waals surface area contributed by atoms with Crippen molar-refractivity contribution < 1.29 is 47.6 Å². The van der Waals surface area contributed by atoms with E-state index < -0.39 is 22.8 Å². The van der Waals surface area contributed by atoms with Crippen LogP contribution in [0.5, 0.6) is 0 Å². The Morgan fingerprint density at radius 1 is 0.909 bits per heavy atom. The van der Waals surface area contributed by atoms with E-state index in [0.717, 1.165) is 12.8 Å². The van der Waals surface area contributed by atoms with Crippen molar-refractivity contribution in [2.45, 2.75) is 12.8 Å². The molecule has 0 bridgehead atoms. The number of hydrogen-bond donors (Lipinski definition) is 0. The number of fused-ring (bicyclic) bond motifs is 3. The molecule has 0 saturated heterocycles. The zero-order valence-electron chi connectivity index (χ0n) is 12.1. The minimum Gasteiger partial charge on any atom is -1.00 e. The second-order valence-corrected chi connectivity index (χ2v) is 7.45. The summed E-state index contributed by atoms with van der Waals surface area (Å²) < 4.78 is 5.96. The van der Waals surface area contributed by atoms with Gasteiger partial charge in [-0.1, -0.05) is 0 Å². The number of rotatable bonds is 2. The molecular formula is C19H15Cl2Zr. The van der Waals surface area contributed by atoms with Crippen LogP contribution >= 0.6 is 0 Å². The van der Waals surface area contributed by atoms with Gasteiger partial charge in [0.1, 0.15) is 0 Å². The van der Waals surface area contributed by atoms with Crippen LogP contribution in [0.1, 0.15) is 23.1 Å². The van der Waals surface area contributed by atoms with Gasteiger partial charge in [-0.2, -0.15) is 0 Å². The Hall–Kier alpha value is -0.747. The van der Waals surface area contributed by atoms with Crippen molar-refractivity contribution in [3.05, 3.63) is 71.3 Å². The van der Waals surface area contributed by atoms with Crippen molar-refractivity contribution in [1.29, 1.82) is 0 Å². The van der Waals surface area contributed by atoms with Crippen molar-refractivity contribution in [2.24, 2.45) is 0 Å². The van der Waals surface area contributed by atoms with Crippen LogP contribution in [0.4, 0.5) is 0 Å². The first-order valence-electron chi connectivity index (χ1n) is 7.02. The summed E-state index contributed by atoms with van der Waals surface area (Å²) >= 11 is -0.716. The molecule has 0 aliphatic heterocycles. The van der Waals surface area contributed by atoms with E-state index in [1.54, 1.807) is 8.83 Å². The molecule has 2 aliphatic rings. The largest absolute Gasteiger partial charge is 1.00 e. The summed E-state index contributed by atoms with van der Waals surface area (Å²) in [6, 6.07) is 13.5. The van der Waals surface area contributed by atoms with E-state index in [0.29, 0.717) is 0 Å². The van der Waals surface area contributed by atoms with E-state index in [4.69, 9.17) is 0 Å². The fourth-order valence-corrected chi connectivity index (χ4v) is 5.47. The van der Waals surface area contributed by atoms with Gasteiger partial charge in [0.2, 0.25) is 0 Å². The first kappa shape index (κ1) is 17.6. The van der Waals surface area contributed by atoms with Gasteiger partial charge in [0.25, 0.3) is 0 Å². The molecule has 0 nitrogen and oxygen atoms in total. The Morgan fingerprint density at radius 2 is 1.68 bits per heavy atom. The number of allylic oxidation sites excluding steroid dienone is 4. The van der Waals surface area contributed by atoms with Crippen LogP contribution in [0.3, 0.4) is 0 Å². The van der Waals surface area contributed by atoms with Crippen molar-refractivity contribution in [3.8, 4) is 11.1 Å². The molecule has 0 heterocycles. The van der Waals surface area contributed by atoms with E-state index in [9.17, 15) is 0 Å². The van der Waals surface area contributed by atoms with Crippen molar-refractivity contribution >= 4 is 13.1 Å². The number of benzene rings is 2. The van der Waals surface area contributed by atoms with Gasteiger partial charge in [0.05, 0.1) is 0 Å². The summed E-state index contributed by atoms with van der Waals surface area (Å²) in [6.07, 6.45) is 8.87. The first-order valence-corrected chi connectivity index (χ1v) is 9.98. The third-order valence-corrected chi connectivity index (χ3v) is 6.55. The molecule has 0 aromatic heterocycles. The molecule has 22 heavy (non-hydrogen) atoms. The van der Waals surface area contributed by atoms with Gasteiger partial charge in [0, 0.05) is 0 Å². The fraction of sp³-hybridized carbons (Fsp3) is 0.105. The minimum absolute atomic E-state index is 0. The van der Waals surface area contributed by atoms with Crippen molar-refractivity contribution in [3.63, 3.8) is 0 Å². The molecule has 4 rings (SSSR count). The van der Waals surface area contributed by atoms with Gasteiger partial charge >= 0.3 is 131 Å². The summed E-state index contributed by atoms with van der Waals surface area (Å²) in [5.74, 6) is 0. The average Bonchev–Trinajstić information content (AvgIpc) is 3.13. The van der Waals surface area contributed by atoms with Crippen LogP contribution in [-0.4, -0.2) is 4.21 Å². The molecular weight excluding hydrogens is 390 g/mol. The van der Waals surface area contributed by atoms with Crippen LogP contribution < -0.4 is 28.1 Å². The van der Waals surface area contributed by atoms with Gasteiger partial charge in [-0.25, -0.2) is 0 Å². The first-order chi connectivity index (χ1) is 9.88. The third kappa shape index (κ3) is 2.76. The average molecular weight is 405 g/mol. The van der Waals surface area contributed by atoms with Crippen LogP contribution in [0.15, 0.2) is 54.6 Å². The molecule has 0 atom stereocenters. The molecule has 0 fully saturated rings. The summed E-state index contributed by atoms with van der Waals surface area (Å²) in [5.41, 5.74) is 8.88. The molecule has 0 saturated carbocycles. The normalized spacial score (nSPS) is 13.4. The monoisotopic (exact) mass is 403 g/mol. The molecule has 2 aromatic rings. The molecule has 3 heteroatoms. The summed E-state index contributed by atoms with van der Waals surface area (Å²) in [7, 11) is 0. The van der Waals surface area contributed by atoms with E-state index in [1.807, 2.05) is 0 Å². The minimum atomic E-state index is -0.716. The van der Waals surface area contributed by atoms with Gasteiger partial charge in [0.15, 0.2) is 0 Å². The van der Waals surface area contributed by atoms with Gasteiger partial charge in [-0.05, 0) is 0 Å². The van der Waals surface area contributed by atoms with Crippen LogP contribution in [0.25, 0.3) is 16.7 Å². The maximum absolute atomic E-state index is 4.35. The fourth-order valence-electron chi connectivity index (χ4n) is 3.33. The maximum atomic E-state index is 4.35. The SMILES string of the molecule is [CH2]=[Zr+2][c]1c(C2=CC=CC2)ccc2c1Cc1ccccc1-2.[Cl-].[Cl-]. The number of halogens is 2. The molecule has 0 N–H and O–H groups in total. The van der Waals surface area contributed by atoms with E-state index in [-0.39, 0.29) is 24.8 Å². The Labute approximate surface area is 155 Å². The van der Waals surface area contributed by atoms with Crippen LogP contribution in [-0.2, 0) is 29.2 Å². The van der Waals surface area contributed by atoms with E-state index >= 15 is 0 Å². The summed E-state index contributed by atoms with van der Waals surface area (Å²) in [6.45, 7) is 0. The quantitative estimate of drug-likeness (QED) is 0.452.